The van der Waals surface area contributed by atoms with Gasteiger partial charge in [-0.1, -0.05) is 0 Å². The number of rotatable bonds is 4. The van der Waals surface area contributed by atoms with E-state index < -0.39 is 9.84 Å². The molecule has 2 heterocycles. The molecule has 0 atom stereocenters. The van der Waals surface area contributed by atoms with Gasteiger partial charge in [0.1, 0.15) is 17.4 Å². The average molecular weight is 323 g/mol. The van der Waals surface area contributed by atoms with Gasteiger partial charge in [0, 0.05) is 24.0 Å². The van der Waals surface area contributed by atoms with E-state index >= 15 is 0 Å². The van der Waals surface area contributed by atoms with Crippen LogP contribution in [-0.2, 0) is 21.1 Å². The molecule has 8 heteroatoms. The van der Waals surface area contributed by atoms with Gasteiger partial charge in [0.15, 0.2) is 0 Å². The largest absolute Gasteiger partial charge is 0.317 e. The fourth-order valence-electron chi connectivity index (χ4n) is 2.58. The Morgan fingerprint density at radius 2 is 1.95 bits per heavy atom. The Hall–Kier alpha value is -1.70. The van der Waals surface area contributed by atoms with Crippen molar-refractivity contribution in [2.75, 3.05) is 0 Å². The van der Waals surface area contributed by atoms with Crippen molar-refractivity contribution in [3.63, 3.8) is 0 Å². The van der Waals surface area contributed by atoms with Crippen molar-refractivity contribution in [2.45, 2.75) is 63.0 Å². The summed E-state index contributed by atoms with van der Waals surface area (Å²) < 4.78 is 29.2. The van der Waals surface area contributed by atoms with Crippen molar-refractivity contribution in [2.24, 2.45) is 0 Å². The second-order valence-electron chi connectivity index (χ2n) is 6.77. The van der Waals surface area contributed by atoms with Gasteiger partial charge in [0.2, 0.25) is 15.0 Å². The van der Waals surface area contributed by atoms with Crippen LogP contribution in [0.3, 0.4) is 0 Å². The van der Waals surface area contributed by atoms with Crippen LogP contribution in [0.4, 0.5) is 0 Å². The summed E-state index contributed by atoms with van der Waals surface area (Å²) in [6.45, 7) is 7.71. The summed E-state index contributed by atoms with van der Waals surface area (Å²) in [4.78, 5) is 4.06. The van der Waals surface area contributed by atoms with Crippen molar-refractivity contribution in [3.05, 3.63) is 24.0 Å². The monoisotopic (exact) mass is 323 g/mol. The lowest BCUT2D eigenvalue weighted by Crippen LogP contribution is -2.26. The lowest BCUT2D eigenvalue weighted by Gasteiger charge is -2.23. The molecule has 1 aliphatic carbocycles. The molecule has 1 fully saturated rings. The third-order valence-corrected chi connectivity index (χ3v) is 5.27. The summed E-state index contributed by atoms with van der Waals surface area (Å²) in [5, 5.41) is 8.18. The maximum absolute atomic E-state index is 12.8. The van der Waals surface area contributed by atoms with E-state index in [1.54, 1.807) is 10.8 Å². The van der Waals surface area contributed by atoms with Gasteiger partial charge in [-0.05, 0) is 40.5 Å². The van der Waals surface area contributed by atoms with Crippen LogP contribution in [-0.4, -0.2) is 32.7 Å². The normalized spacial score (nSPS) is 16.2. The number of imidazole rings is 1. The molecule has 0 unspecified atom stereocenters. The number of nitrogens with zero attached hydrogens (tertiary/aromatic N) is 5. The van der Waals surface area contributed by atoms with E-state index in [2.05, 4.69) is 15.2 Å². The standard InChI is InChI=1S/C14H21N5O2S/c1-10-16-17-12(19(10)11-5-6-11)9-22(20,21)13-15-7-8-18(13)14(2,3)4/h7-8,11H,5-6,9H2,1-4H3. The maximum Gasteiger partial charge on any atom is 0.228 e. The molecule has 1 aliphatic rings. The van der Waals surface area contributed by atoms with Crippen LogP contribution in [0.15, 0.2) is 17.6 Å². The van der Waals surface area contributed by atoms with Crippen LogP contribution in [0, 0.1) is 6.92 Å². The Kier molecular flexibility index (Phi) is 3.39. The van der Waals surface area contributed by atoms with Gasteiger partial charge in [-0.25, -0.2) is 13.4 Å². The van der Waals surface area contributed by atoms with Crippen LogP contribution in [0.5, 0.6) is 0 Å². The second-order valence-corrected chi connectivity index (χ2v) is 8.66. The van der Waals surface area contributed by atoms with E-state index in [0.29, 0.717) is 11.9 Å². The Labute approximate surface area is 130 Å². The first kappa shape index (κ1) is 15.2. The zero-order valence-electron chi connectivity index (χ0n) is 13.3. The molecular formula is C14H21N5O2S. The van der Waals surface area contributed by atoms with Crippen LogP contribution in [0.25, 0.3) is 0 Å². The van der Waals surface area contributed by atoms with Gasteiger partial charge in [0.25, 0.3) is 0 Å². The van der Waals surface area contributed by atoms with Gasteiger partial charge in [-0.15, -0.1) is 10.2 Å². The molecule has 1 saturated carbocycles. The molecule has 0 spiro atoms. The number of sulfone groups is 1. The fraction of sp³-hybridized carbons (Fsp3) is 0.643. The first-order chi connectivity index (χ1) is 10.2. The van der Waals surface area contributed by atoms with E-state index in [9.17, 15) is 8.42 Å². The van der Waals surface area contributed by atoms with E-state index in [1.165, 1.54) is 6.20 Å². The van der Waals surface area contributed by atoms with Crippen molar-refractivity contribution >= 4 is 9.84 Å². The smallest absolute Gasteiger partial charge is 0.228 e. The van der Waals surface area contributed by atoms with Crippen molar-refractivity contribution < 1.29 is 8.42 Å². The van der Waals surface area contributed by atoms with E-state index in [-0.39, 0.29) is 16.4 Å². The van der Waals surface area contributed by atoms with Gasteiger partial charge in [-0.3, -0.25) is 0 Å². The molecule has 2 aromatic rings. The quantitative estimate of drug-likeness (QED) is 0.857. The Morgan fingerprint density at radius 1 is 1.27 bits per heavy atom. The topological polar surface area (TPSA) is 82.7 Å². The van der Waals surface area contributed by atoms with Gasteiger partial charge < -0.3 is 9.13 Å². The van der Waals surface area contributed by atoms with Crippen LogP contribution in [0.2, 0.25) is 0 Å². The number of aromatic nitrogens is 5. The molecule has 2 aromatic heterocycles. The van der Waals surface area contributed by atoms with E-state index in [4.69, 9.17) is 0 Å². The molecule has 0 bridgehead atoms. The summed E-state index contributed by atoms with van der Waals surface area (Å²) >= 11 is 0. The van der Waals surface area contributed by atoms with Gasteiger partial charge in [-0.2, -0.15) is 0 Å². The summed E-state index contributed by atoms with van der Waals surface area (Å²) in [5.74, 6) is 1.10. The SMILES string of the molecule is Cc1nnc(CS(=O)(=O)c2nccn2C(C)(C)C)n1C1CC1. The minimum absolute atomic E-state index is 0.0861. The molecule has 0 amide bonds. The zero-order valence-corrected chi connectivity index (χ0v) is 14.1. The third kappa shape index (κ3) is 2.67. The van der Waals surface area contributed by atoms with Crippen molar-refractivity contribution in [1.29, 1.82) is 0 Å². The minimum Gasteiger partial charge on any atom is -0.317 e. The molecule has 0 aliphatic heterocycles. The molecule has 120 valence electrons. The van der Waals surface area contributed by atoms with Crippen LogP contribution in [0.1, 0.15) is 51.3 Å². The van der Waals surface area contributed by atoms with E-state index in [1.807, 2.05) is 32.3 Å². The number of hydrogen-bond donors (Lipinski definition) is 0. The predicted octanol–water partition coefficient (Wildman–Crippen LogP) is 1.85. The second kappa shape index (κ2) is 4.91. The first-order valence-electron chi connectivity index (χ1n) is 7.37. The Morgan fingerprint density at radius 3 is 2.55 bits per heavy atom. The van der Waals surface area contributed by atoms with E-state index in [0.717, 1.165) is 18.7 Å². The molecule has 0 saturated heterocycles. The molecular weight excluding hydrogens is 302 g/mol. The third-order valence-electron chi connectivity index (χ3n) is 3.78. The number of aryl methyl sites for hydroxylation is 1. The molecule has 0 aromatic carbocycles. The van der Waals surface area contributed by atoms with Gasteiger partial charge >= 0.3 is 0 Å². The summed E-state index contributed by atoms with van der Waals surface area (Å²) in [7, 11) is -3.57. The predicted molar refractivity (Wildman–Crippen MR) is 81.1 cm³/mol. The lowest BCUT2D eigenvalue weighted by atomic mass is 10.1. The molecule has 3 rings (SSSR count). The summed E-state index contributed by atoms with van der Waals surface area (Å²) in [6.07, 6.45) is 5.34. The summed E-state index contributed by atoms with van der Waals surface area (Å²) in [5.41, 5.74) is -0.348. The van der Waals surface area contributed by atoms with Crippen molar-refractivity contribution in [1.82, 2.24) is 24.3 Å². The highest BCUT2D eigenvalue weighted by molar-refractivity contribution is 7.90. The highest BCUT2D eigenvalue weighted by atomic mass is 32.2. The van der Waals surface area contributed by atoms with Crippen LogP contribution >= 0.6 is 0 Å². The Balaban J connectivity index is 1.97. The fourth-order valence-corrected chi connectivity index (χ4v) is 4.11. The summed E-state index contributed by atoms with van der Waals surface area (Å²) in [6, 6.07) is 0.350. The first-order valence-corrected chi connectivity index (χ1v) is 9.02. The average Bonchev–Trinajstić information content (AvgIpc) is 2.96. The highest BCUT2D eigenvalue weighted by Crippen LogP contribution is 2.37. The molecule has 7 nitrogen and oxygen atoms in total. The molecule has 0 N–H and O–H groups in total. The Bertz CT molecular complexity index is 794. The lowest BCUT2D eigenvalue weighted by molar-refractivity contribution is 0.361. The maximum atomic E-state index is 12.8. The van der Waals surface area contributed by atoms with Crippen molar-refractivity contribution in [3.8, 4) is 0 Å². The highest BCUT2D eigenvalue weighted by Gasteiger charge is 2.32. The van der Waals surface area contributed by atoms with Crippen LogP contribution < -0.4 is 0 Å². The zero-order chi connectivity index (χ0) is 16.1. The molecule has 22 heavy (non-hydrogen) atoms. The minimum atomic E-state index is -3.57. The molecule has 0 radical (unpaired) electrons. The number of hydrogen-bond acceptors (Lipinski definition) is 5. The van der Waals surface area contributed by atoms with Gasteiger partial charge in [0.05, 0.1) is 0 Å².